The van der Waals surface area contributed by atoms with Crippen molar-refractivity contribution in [2.75, 3.05) is 5.32 Å². The number of para-hydroxylation sites is 1. The molecule has 2 aliphatic heterocycles. The van der Waals surface area contributed by atoms with Gasteiger partial charge in [-0.05, 0) is 37.3 Å². The standard InChI is InChI=1S/C20H25N5O2/c26-19(21-13-18-24-23-17-8-2-1-5-11-25(17)18)10-9-15-12-14-6-3-4-7-16(14)22-20(15)27/h3-4,6-7,15H,1-2,5,8-13H2,(H,21,26)(H,22,27). The average Bonchev–Trinajstić information content (AvgIpc) is 2.90. The molecule has 2 amide bonds. The van der Waals surface area contributed by atoms with Gasteiger partial charge in [0.1, 0.15) is 5.82 Å². The molecule has 7 heteroatoms. The maximum atomic E-state index is 12.3. The Kier molecular flexibility index (Phi) is 5.18. The fraction of sp³-hybridized carbons (Fsp3) is 0.500. The van der Waals surface area contributed by atoms with E-state index in [1.807, 2.05) is 24.3 Å². The number of fused-ring (bicyclic) bond motifs is 2. The summed E-state index contributed by atoms with van der Waals surface area (Å²) in [5.74, 6) is 1.64. The summed E-state index contributed by atoms with van der Waals surface area (Å²) in [5.41, 5.74) is 2.02. The largest absolute Gasteiger partial charge is 0.349 e. The van der Waals surface area contributed by atoms with Crippen molar-refractivity contribution in [3.05, 3.63) is 41.5 Å². The van der Waals surface area contributed by atoms with Crippen LogP contribution >= 0.6 is 0 Å². The molecule has 0 saturated carbocycles. The predicted octanol–water partition coefficient (Wildman–Crippen LogP) is 2.21. The first kappa shape index (κ1) is 17.7. The molecular formula is C20H25N5O2. The lowest BCUT2D eigenvalue weighted by Crippen LogP contribution is -2.32. The number of amides is 2. The topological polar surface area (TPSA) is 88.9 Å². The first-order valence-corrected chi connectivity index (χ1v) is 9.77. The van der Waals surface area contributed by atoms with Crippen LogP contribution < -0.4 is 10.6 Å². The molecule has 0 spiro atoms. The van der Waals surface area contributed by atoms with Crippen molar-refractivity contribution in [1.82, 2.24) is 20.1 Å². The van der Waals surface area contributed by atoms with Crippen molar-refractivity contribution in [1.29, 1.82) is 0 Å². The van der Waals surface area contributed by atoms with E-state index in [2.05, 4.69) is 25.4 Å². The minimum atomic E-state index is -0.157. The van der Waals surface area contributed by atoms with Gasteiger partial charge in [0.2, 0.25) is 11.8 Å². The quantitative estimate of drug-likeness (QED) is 0.848. The Morgan fingerprint density at radius 3 is 3.04 bits per heavy atom. The Bertz CT molecular complexity index is 845. The van der Waals surface area contributed by atoms with E-state index in [-0.39, 0.29) is 17.7 Å². The van der Waals surface area contributed by atoms with Crippen LogP contribution in [0.4, 0.5) is 5.69 Å². The molecule has 142 valence electrons. The highest BCUT2D eigenvalue weighted by Crippen LogP contribution is 2.27. The van der Waals surface area contributed by atoms with E-state index in [9.17, 15) is 9.59 Å². The lowest BCUT2D eigenvalue weighted by molar-refractivity contribution is -0.123. The Labute approximate surface area is 158 Å². The third-order valence-electron chi connectivity index (χ3n) is 5.46. The van der Waals surface area contributed by atoms with Gasteiger partial charge in [0.05, 0.1) is 6.54 Å². The number of nitrogens with one attached hydrogen (secondary N) is 2. The van der Waals surface area contributed by atoms with Gasteiger partial charge in [-0.15, -0.1) is 10.2 Å². The Hall–Kier alpha value is -2.70. The molecule has 1 unspecified atom stereocenters. The first-order chi connectivity index (χ1) is 13.2. The van der Waals surface area contributed by atoms with Gasteiger partial charge in [-0.3, -0.25) is 9.59 Å². The number of carbonyl (C=O) groups excluding carboxylic acids is 2. The van der Waals surface area contributed by atoms with E-state index in [4.69, 9.17) is 0 Å². The molecule has 27 heavy (non-hydrogen) atoms. The summed E-state index contributed by atoms with van der Waals surface area (Å²) in [6.45, 7) is 1.32. The first-order valence-electron chi connectivity index (χ1n) is 9.77. The fourth-order valence-electron chi connectivity index (χ4n) is 3.89. The molecule has 0 bridgehead atoms. The van der Waals surface area contributed by atoms with Crippen molar-refractivity contribution in [2.24, 2.45) is 5.92 Å². The molecule has 1 aromatic heterocycles. The summed E-state index contributed by atoms with van der Waals surface area (Å²) in [6, 6.07) is 7.83. The van der Waals surface area contributed by atoms with Crippen LogP contribution in [0.25, 0.3) is 0 Å². The van der Waals surface area contributed by atoms with E-state index in [1.165, 1.54) is 6.42 Å². The Balaban J connectivity index is 1.28. The maximum Gasteiger partial charge on any atom is 0.227 e. The smallest absolute Gasteiger partial charge is 0.227 e. The summed E-state index contributed by atoms with van der Waals surface area (Å²) in [4.78, 5) is 24.5. The molecule has 2 N–H and O–H groups in total. The molecule has 4 rings (SSSR count). The lowest BCUT2D eigenvalue weighted by Gasteiger charge is -2.24. The van der Waals surface area contributed by atoms with Crippen LogP contribution in [-0.4, -0.2) is 26.6 Å². The van der Waals surface area contributed by atoms with Crippen LogP contribution in [0, 0.1) is 5.92 Å². The van der Waals surface area contributed by atoms with E-state index in [0.717, 1.165) is 48.7 Å². The highest BCUT2D eigenvalue weighted by Gasteiger charge is 2.26. The Morgan fingerprint density at radius 1 is 1.22 bits per heavy atom. The van der Waals surface area contributed by atoms with Crippen LogP contribution in [0.1, 0.15) is 49.3 Å². The average molecular weight is 367 g/mol. The molecular weight excluding hydrogens is 342 g/mol. The minimum Gasteiger partial charge on any atom is -0.349 e. The second-order valence-corrected chi connectivity index (χ2v) is 7.36. The predicted molar refractivity (Wildman–Crippen MR) is 101 cm³/mol. The molecule has 0 radical (unpaired) electrons. The number of anilines is 1. The van der Waals surface area contributed by atoms with Crippen LogP contribution in [0.3, 0.4) is 0 Å². The monoisotopic (exact) mass is 367 g/mol. The molecule has 2 aromatic rings. The number of rotatable bonds is 5. The van der Waals surface area contributed by atoms with Crippen molar-refractivity contribution < 1.29 is 9.59 Å². The van der Waals surface area contributed by atoms with Crippen molar-refractivity contribution in [2.45, 2.75) is 58.0 Å². The summed E-state index contributed by atoms with van der Waals surface area (Å²) in [6.07, 6.45) is 6.01. The third-order valence-corrected chi connectivity index (χ3v) is 5.46. The molecule has 0 saturated heterocycles. The second kappa shape index (κ2) is 7.90. The summed E-state index contributed by atoms with van der Waals surface area (Å²) in [7, 11) is 0. The normalized spacial score (nSPS) is 18.8. The highest BCUT2D eigenvalue weighted by molar-refractivity contribution is 5.96. The minimum absolute atomic E-state index is 0.00396. The Morgan fingerprint density at radius 2 is 2.11 bits per heavy atom. The summed E-state index contributed by atoms with van der Waals surface area (Å²) < 4.78 is 2.14. The van der Waals surface area contributed by atoms with Gasteiger partial charge in [0, 0.05) is 31.0 Å². The van der Waals surface area contributed by atoms with Crippen LogP contribution in [0.2, 0.25) is 0 Å². The molecule has 0 aliphatic carbocycles. The zero-order chi connectivity index (χ0) is 18.6. The van der Waals surface area contributed by atoms with E-state index in [1.54, 1.807) is 0 Å². The zero-order valence-corrected chi connectivity index (χ0v) is 15.4. The van der Waals surface area contributed by atoms with Gasteiger partial charge in [0.15, 0.2) is 5.82 Å². The molecule has 0 fully saturated rings. The number of nitrogens with zero attached hydrogens (tertiary/aromatic N) is 3. The number of aromatic nitrogens is 3. The van der Waals surface area contributed by atoms with Crippen molar-refractivity contribution in [3.8, 4) is 0 Å². The SMILES string of the molecule is O=C(CCC1Cc2ccccc2NC1=O)NCc1nnc2n1CCCCC2. The molecule has 1 atom stereocenters. The van der Waals surface area contributed by atoms with E-state index < -0.39 is 0 Å². The number of hydrogen-bond acceptors (Lipinski definition) is 4. The van der Waals surface area contributed by atoms with Gasteiger partial charge in [-0.2, -0.15) is 0 Å². The molecule has 7 nitrogen and oxygen atoms in total. The van der Waals surface area contributed by atoms with E-state index >= 15 is 0 Å². The molecule has 2 aliphatic rings. The molecule has 3 heterocycles. The van der Waals surface area contributed by atoms with Crippen molar-refractivity contribution >= 4 is 17.5 Å². The van der Waals surface area contributed by atoms with Crippen LogP contribution in [0.5, 0.6) is 0 Å². The highest BCUT2D eigenvalue weighted by atomic mass is 16.2. The van der Waals surface area contributed by atoms with Crippen LogP contribution in [0.15, 0.2) is 24.3 Å². The number of benzene rings is 1. The van der Waals surface area contributed by atoms with Gasteiger partial charge in [-0.25, -0.2) is 0 Å². The summed E-state index contributed by atoms with van der Waals surface area (Å²) in [5, 5.41) is 14.4. The van der Waals surface area contributed by atoms with Gasteiger partial charge in [-0.1, -0.05) is 24.6 Å². The van der Waals surface area contributed by atoms with Crippen LogP contribution in [-0.2, 0) is 35.5 Å². The van der Waals surface area contributed by atoms with Crippen molar-refractivity contribution in [3.63, 3.8) is 0 Å². The third kappa shape index (κ3) is 4.02. The fourth-order valence-corrected chi connectivity index (χ4v) is 3.89. The number of aryl methyl sites for hydroxylation is 1. The number of carbonyl (C=O) groups is 2. The molecule has 1 aromatic carbocycles. The second-order valence-electron chi connectivity index (χ2n) is 7.36. The van der Waals surface area contributed by atoms with Gasteiger partial charge < -0.3 is 15.2 Å². The van der Waals surface area contributed by atoms with Gasteiger partial charge in [0.25, 0.3) is 0 Å². The zero-order valence-electron chi connectivity index (χ0n) is 15.4. The lowest BCUT2D eigenvalue weighted by atomic mass is 9.89. The summed E-state index contributed by atoms with van der Waals surface area (Å²) >= 11 is 0. The number of hydrogen-bond donors (Lipinski definition) is 2. The maximum absolute atomic E-state index is 12.3. The van der Waals surface area contributed by atoms with Gasteiger partial charge >= 0.3 is 0 Å². The van der Waals surface area contributed by atoms with E-state index in [0.29, 0.717) is 25.8 Å².